The summed E-state index contributed by atoms with van der Waals surface area (Å²) < 4.78 is 0. The highest BCUT2D eigenvalue weighted by Crippen LogP contribution is 2.30. The van der Waals surface area contributed by atoms with Gasteiger partial charge in [0.2, 0.25) is 0 Å². The lowest BCUT2D eigenvalue weighted by atomic mass is 9.96. The summed E-state index contributed by atoms with van der Waals surface area (Å²) in [4.78, 5) is 12.0. The number of ketones is 1. The normalized spacial score (nSPS) is 16.6. The molecule has 1 fully saturated rings. The molecule has 0 saturated heterocycles. The molecule has 86 valence electrons. The van der Waals surface area contributed by atoms with Gasteiger partial charge in [0.25, 0.3) is 0 Å². The van der Waals surface area contributed by atoms with Crippen LogP contribution < -0.4 is 5.73 Å². The third-order valence-corrected chi connectivity index (χ3v) is 3.50. The summed E-state index contributed by atoms with van der Waals surface area (Å²) >= 11 is 5.80. The van der Waals surface area contributed by atoms with Crippen LogP contribution in [0.2, 0.25) is 5.02 Å². The molecule has 2 rings (SSSR count). The highest BCUT2D eigenvalue weighted by molar-refractivity contribution is 6.31. The lowest BCUT2D eigenvalue weighted by molar-refractivity contribution is 0.0963. The van der Waals surface area contributed by atoms with Crippen LogP contribution in [0.25, 0.3) is 0 Å². The first kappa shape index (κ1) is 11.5. The molecular weight excluding hydrogens is 222 g/mol. The highest BCUT2D eigenvalue weighted by Gasteiger charge is 2.20. The molecule has 0 unspecified atom stereocenters. The van der Waals surface area contributed by atoms with Gasteiger partial charge >= 0.3 is 0 Å². The number of carbonyl (C=O) groups excluding carboxylic acids is 1. The molecule has 0 aliphatic heterocycles. The number of hydrogen-bond donors (Lipinski definition) is 1. The average molecular weight is 238 g/mol. The maximum atomic E-state index is 12.0. The zero-order chi connectivity index (χ0) is 11.5. The molecule has 1 aromatic carbocycles. The number of hydrogen-bond acceptors (Lipinski definition) is 2. The van der Waals surface area contributed by atoms with E-state index in [-0.39, 0.29) is 5.78 Å². The standard InChI is InChI=1S/C13H16ClNO/c14-10-5-6-11(12(15)8-10)13(16)7-9-3-1-2-4-9/h5-6,8-9H,1-4,7,15H2. The molecule has 0 amide bonds. The minimum Gasteiger partial charge on any atom is -0.398 e. The van der Waals surface area contributed by atoms with Crippen LogP contribution in [-0.2, 0) is 0 Å². The van der Waals surface area contributed by atoms with Gasteiger partial charge in [0.15, 0.2) is 5.78 Å². The molecule has 1 aromatic rings. The third-order valence-electron chi connectivity index (χ3n) is 3.26. The van der Waals surface area contributed by atoms with Crippen molar-refractivity contribution in [2.45, 2.75) is 32.1 Å². The number of nitrogens with two attached hydrogens (primary N) is 1. The first-order valence-corrected chi connectivity index (χ1v) is 6.13. The second-order valence-electron chi connectivity index (χ2n) is 4.51. The maximum absolute atomic E-state index is 12.0. The summed E-state index contributed by atoms with van der Waals surface area (Å²) in [6.45, 7) is 0. The Balaban J connectivity index is 2.08. The fourth-order valence-electron chi connectivity index (χ4n) is 2.37. The Labute approximate surface area is 101 Å². The van der Waals surface area contributed by atoms with E-state index in [1.807, 2.05) is 0 Å². The Morgan fingerprint density at radius 1 is 1.38 bits per heavy atom. The number of nitrogen functional groups attached to an aromatic ring is 1. The largest absolute Gasteiger partial charge is 0.398 e. The zero-order valence-corrected chi connectivity index (χ0v) is 9.96. The van der Waals surface area contributed by atoms with Crippen LogP contribution in [0.3, 0.4) is 0 Å². The van der Waals surface area contributed by atoms with Crippen LogP contribution in [0.1, 0.15) is 42.5 Å². The van der Waals surface area contributed by atoms with E-state index in [2.05, 4.69) is 0 Å². The smallest absolute Gasteiger partial charge is 0.165 e. The molecule has 0 atom stereocenters. The van der Waals surface area contributed by atoms with Crippen molar-refractivity contribution >= 4 is 23.1 Å². The Morgan fingerprint density at radius 2 is 2.06 bits per heavy atom. The molecule has 0 heterocycles. The summed E-state index contributed by atoms with van der Waals surface area (Å²) in [5.41, 5.74) is 6.91. The average Bonchev–Trinajstić information content (AvgIpc) is 2.70. The second kappa shape index (κ2) is 4.88. The van der Waals surface area contributed by atoms with Gasteiger partial charge in [0, 0.05) is 22.7 Å². The fourth-order valence-corrected chi connectivity index (χ4v) is 2.55. The van der Waals surface area contributed by atoms with Gasteiger partial charge in [-0.1, -0.05) is 37.3 Å². The van der Waals surface area contributed by atoms with Crippen molar-refractivity contribution in [3.05, 3.63) is 28.8 Å². The van der Waals surface area contributed by atoms with Crippen LogP contribution in [-0.4, -0.2) is 5.78 Å². The predicted molar refractivity (Wildman–Crippen MR) is 66.8 cm³/mol. The maximum Gasteiger partial charge on any atom is 0.165 e. The lowest BCUT2D eigenvalue weighted by Crippen LogP contribution is -2.08. The van der Waals surface area contributed by atoms with E-state index in [0.717, 1.165) is 0 Å². The molecule has 0 bridgehead atoms. The number of halogens is 1. The van der Waals surface area contributed by atoms with E-state index in [9.17, 15) is 4.79 Å². The van der Waals surface area contributed by atoms with Crippen LogP contribution in [0, 0.1) is 5.92 Å². The van der Waals surface area contributed by atoms with Crippen molar-refractivity contribution in [1.82, 2.24) is 0 Å². The summed E-state index contributed by atoms with van der Waals surface area (Å²) in [5.74, 6) is 0.712. The first-order valence-electron chi connectivity index (χ1n) is 5.75. The van der Waals surface area contributed by atoms with Gasteiger partial charge in [-0.25, -0.2) is 0 Å². The molecule has 16 heavy (non-hydrogen) atoms. The summed E-state index contributed by atoms with van der Waals surface area (Å²) in [6.07, 6.45) is 5.51. The Bertz CT molecular complexity index is 397. The van der Waals surface area contributed by atoms with E-state index >= 15 is 0 Å². The highest BCUT2D eigenvalue weighted by atomic mass is 35.5. The minimum absolute atomic E-state index is 0.154. The molecule has 2 nitrogen and oxygen atoms in total. The van der Waals surface area contributed by atoms with Crippen LogP contribution >= 0.6 is 11.6 Å². The fraction of sp³-hybridized carbons (Fsp3) is 0.462. The van der Waals surface area contributed by atoms with Crippen LogP contribution in [0.5, 0.6) is 0 Å². The molecule has 0 radical (unpaired) electrons. The third kappa shape index (κ3) is 2.56. The molecule has 1 saturated carbocycles. The van der Waals surface area contributed by atoms with Gasteiger partial charge in [-0.15, -0.1) is 0 Å². The quantitative estimate of drug-likeness (QED) is 0.644. The monoisotopic (exact) mass is 237 g/mol. The topological polar surface area (TPSA) is 43.1 Å². The lowest BCUT2D eigenvalue weighted by Gasteiger charge is -2.09. The van der Waals surface area contributed by atoms with Gasteiger partial charge in [-0.05, 0) is 24.1 Å². The first-order chi connectivity index (χ1) is 7.66. The van der Waals surface area contributed by atoms with Gasteiger partial charge in [-0.3, -0.25) is 4.79 Å². The number of Topliss-reactive ketones (excluding diaryl/α,β-unsaturated/α-hetero) is 1. The van der Waals surface area contributed by atoms with Gasteiger partial charge in [0.05, 0.1) is 0 Å². The van der Waals surface area contributed by atoms with E-state index in [0.29, 0.717) is 28.6 Å². The number of carbonyl (C=O) groups is 1. The van der Waals surface area contributed by atoms with E-state index in [1.165, 1.54) is 25.7 Å². The van der Waals surface area contributed by atoms with Crippen molar-refractivity contribution in [3.8, 4) is 0 Å². The second-order valence-corrected chi connectivity index (χ2v) is 4.95. The molecule has 3 heteroatoms. The van der Waals surface area contributed by atoms with Crippen molar-refractivity contribution < 1.29 is 4.79 Å². The van der Waals surface area contributed by atoms with E-state index < -0.39 is 0 Å². The van der Waals surface area contributed by atoms with E-state index in [1.54, 1.807) is 18.2 Å². The Hall–Kier alpha value is -1.02. The molecule has 1 aliphatic rings. The van der Waals surface area contributed by atoms with Gasteiger partial charge < -0.3 is 5.73 Å². The van der Waals surface area contributed by atoms with Gasteiger partial charge in [-0.2, -0.15) is 0 Å². The Kier molecular flexibility index (Phi) is 3.49. The zero-order valence-electron chi connectivity index (χ0n) is 9.21. The number of rotatable bonds is 3. The minimum atomic E-state index is 0.154. The Morgan fingerprint density at radius 3 is 2.69 bits per heavy atom. The summed E-state index contributed by atoms with van der Waals surface area (Å²) in [7, 11) is 0. The van der Waals surface area contributed by atoms with Crippen molar-refractivity contribution in [2.75, 3.05) is 5.73 Å². The van der Waals surface area contributed by atoms with E-state index in [4.69, 9.17) is 17.3 Å². The van der Waals surface area contributed by atoms with Crippen LogP contribution in [0.4, 0.5) is 5.69 Å². The SMILES string of the molecule is Nc1cc(Cl)ccc1C(=O)CC1CCCC1. The molecule has 1 aliphatic carbocycles. The van der Waals surface area contributed by atoms with Crippen molar-refractivity contribution in [3.63, 3.8) is 0 Å². The van der Waals surface area contributed by atoms with Crippen LogP contribution in [0.15, 0.2) is 18.2 Å². The summed E-state index contributed by atoms with van der Waals surface area (Å²) in [6, 6.07) is 5.10. The number of benzene rings is 1. The molecule has 0 aromatic heterocycles. The summed E-state index contributed by atoms with van der Waals surface area (Å²) in [5, 5.41) is 0.579. The van der Waals surface area contributed by atoms with Crippen molar-refractivity contribution in [1.29, 1.82) is 0 Å². The van der Waals surface area contributed by atoms with Gasteiger partial charge in [0.1, 0.15) is 0 Å². The predicted octanol–water partition coefficient (Wildman–Crippen LogP) is 3.69. The number of anilines is 1. The molecule has 2 N–H and O–H groups in total. The molecule has 0 spiro atoms. The van der Waals surface area contributed by atoms with Crippen molar-refractivity contribution in [2.24, 2.45) is 5.92 Å². The molecular formula is C13H16ClNO.